The van der Waals surface area contributed by atoms with E-state index in [4.69, 9.17) is 4.74 Å². The van der Waals surface area contributed by atoms with Crippen molar-refractivity contribution in [3.05, 3.63) is 59.8 Å². The third kappa shape index (κ3) is 4.67. The summed E-state index contributed by atoms with van der Waals surface area (Å²) in [5, 5.41) is 0. The van der Waals surface area contributed by atoms with Crippen molar-refractivity contribution in [1.82, 2.24) is 4.90 Å². The van der Waals surface area contributed by atoms with E-state index in [1.807, 2.05) is 0 Å². The smallest absolute Gasteiger partial charge is 0.256 e. The fourth-order valence-corrected chi connectivity index (χ4v) is 2.11. The first-order valence-corrected chi connectivity index (χ1v) is 6.60. The van der Waals surface area contributed by atoms with Gasteiger partial charge in [-0.2, -0.15) is 12.2 Å². The zero-order chi connectivity index (χ0) is 16.3. The van der Waals surface area contributed by atoms with Crippen LogP contribution in [0.2, 0.25) is 0 Å². The van der Waals surface area contributed by atoms with Gasteiger partial charge in [0.15, 0.2) is 0 Å². The number of rotatable bonds is 5. The summed E-state index contributed by atoms with van der Waals surface area (Å²) in [6.45, 7) is 4.82. The van der Waals surface area contributed by atoms with Gasteiger partial charge in [-0.3, -0.25) is 0 Å². The van der Waals surface area contributed by atoms with Crippen LogP contribution in [0, 0.1) is 17.7 Å². The molecule has 0 aliphatic carbocycles. The van der Waals surface area contributed by atoms with Crippen molar-refractivity contribution in [3.8, 4) is 5.75 Å². The van der Waals surface area contributed by atoms with E-state index in [1.165, 1.54) is 12.2 Å². The first-order chi connectivity index (χ1) is 10.4. The number of nitrogens with zero attached hydrogens (tertiary/aromatic N) is 1. The Balaban J connectivity index is 0.00000264. The molecule has 0 fully saturated rings. The molecule has 0 spiro atoms. The van der Waals surface area contributed by atoms with Crippen molar-refractivity contribution in [2.45, 2.75) is 13.3 Å². The normalized spacial score (nSPS) is 13.9. The number of hydrogen-bond acceptors (Lipinski definition) is 2. The minimum absolute atomic E-state index is 0. The van der Waals surface area contributed by atoms with Crippen molar-refractivity contribution >= 4 is 5.70 Å². The van der Waals surface area contributed by atoms with Crippen molar-refractivity contribution in [1.29, 1.82) is 0 Å². The summed E-state index contributed by atoms with van der Waals surface area (Å²) < 4.78 is 58.8. The van der Waals surface area contributed by atoms with E-state index in [9.17, 15) is 17.6 Å². The van der Waals surface area contributed by atoms with E-state index >= 15 is 0 Å². The summed E-state index contributed by atoms with van der Waals surface area (Å²) in [4.78, 5) is 1.03. The molecule has 1 heterocycles. The molecule has 0 N–H and O–H groups in total. The molecule has 2 rings (SSSR count). The second kappa shape index (κ2) is 8.64. The number of ether oxygens (including phenoxy) is 1. The van der Waals surface area contributed by atoms with Crippen molar-refractivity contribution < 1.29 is 55.0 Å². The molecule has 1 aliphatic heterocycles. The molecule has 1 aromatic rings. The predicted octanol–water partition coefficient (Wildman–Crippen LogP) is 4.16. The average molecular weight is 401 g/mol. The van der Waals surface area contributed by atoms with E-state index in [0.717, 1.165) is 17.0 Å². The van der Waals surface area contributed by atoms with Gasteiger partial charge < -0.3 is 9.64 Å². The van der Waals surface area contributed by atoms with Crippen molar-refractivity contribution in [2.24, 2.45) is 0 Å². The maximum Gasteiger partial charge on any atom is 0.256 e. The van der Waals surface area contributed by atoms with Crippen LogP contribution in [0.4, 0.5) is 17.6 Å². The van der Waals surface area contributed by atoms with Crippen LogP contribution in [0.1, 0.15) is 12.5 Å². The van der Waals surface area contributed by atoms with Crippen LogP contribution in [-0.4, -0.2) is 24.5 Å². The molecule has 0 unspecified atom stereocenters. The quantitative estimate of drug-likeness (QED) is 0.543. The zero-order valence-corrected chi connectivity index (χ0v) is 15.3. The van der Waals surface area contributed by atoms with Gasteiger partial charge in [-0.15, -0.1) is 6.08 Å². The Hall–Kier alpha value is -1.14. The Kier molecular flexibility index (Phi) is 7.48. The first-order valence-electron chi connectivity index (χ1n) is 6.60. The Bertz CT molecular complexity index is 620. The van der Waals surface area contributed by atoms with Crippen molar-refractivity contribution in [3.63, 3.8) is 0 Å². The number of benzene rings is 1. The molecule has 0 saturated carbocycles. The molecule has 0 saturated heterocycles. The molecule has 1 aliphatic rings. The van der Waals surface area contributed by atoms with Gasteiger partial charge in [0.25, 0.3) is 6.43 Å². The average Bonchev–Trinajstić information content (AvgIpc) is 2.41. The van der Waals surface area contributed by atoms with Gasteiger partial charge in [0, 0.05) is 44.8 Å². The van der Waals surface area contributed by atoms with Crippen LogP contribution in [0.3, 0.4) is 0 Å². The molecule has 1 aromatic carbocycles. The summed E-state index contributed by atoms with van der Waals surface area (Å²) in [5.41, 5.74) is -0.345. The fraction of sp³-hybridized carbons (Fsp3) is 0.250. The van der Waals surface area contributed by atoms with Crippen molar-refractivity contribution in [2.75, 3.05) is 13.2 Å². The Morgan fingerprint density at radius 2 is 1.87 bits per heavy atom. The Morgan fingerprint density at radius 1 is 1.26 bits per heavy atom. The maximum absolute atomic E-state index is 14.2. The molecule has 0 atom stereocenters. The summed E-state index contributed by atoms with van der Waals surface area (Å²) in [5.74, 6) is -1.78. The molecule has 1 radical (unpaired) electrons. The monoisotopic (exact) mass is 401 g/mol. The second-order valence-corrected chi connectivity index (χ2v) is 4.51. The van der Waals surface area contributed by atoms with Gasteiger partial charge >= 0.3 is 0 Å². The molecular formula is C16H14F4NOY-. The molecule has 2 nitrogen and oxygen atoms in total. The van der Waals surface area contributed by atoms with E-state index in [-0.39, 0.29) is 56.5 Å². The zero-order valence-electron chi connectivity index (χ0n) is 12.5. The van der Waals surface area contributed by atoms with E-state index < -0.39 is 30.2 Å². The van der Waals surface area contributed by atoms with E-state index in [2.05, 4.69) is 12.7 Å². The standard InChI is InChI=1S/C16H14F4NO.Y/c1-3-22-11-7-12(17)16(13(18)8-11)14-6-4-5-10(2)21(14)9-15(19)20;/h4-5,7-8,15H,2-3,9H2,1H3;/q-1;. The van der Waals surface area contributed by atoms with Gasteiger partial charge in [0.1, 0.15) is 5.75 Å². The van der Waals surface area contributed by atoms with E-state index in [1.54, 1.807) is 6.92 Å². The van der Waals surface area contributed by atoms with Crippen LogP contribution < -0.4 is 4.74 Å². The van der Waals surface area contributed by atoms with Gasteiger partial charge in [-0.1, -0.05) is 12.3 Å². The number of hydrogen-bond donors (Lipinski definition) is 0. The summed E-state index contributed by atoms with van der Waals surface area (Å²) in [7, 11) is 0. The van der Waals surface area contributed by atoms with Crippen LogP contribution in [-0.2, 0) is 32.7 Å². The van der Waals surface area contributed by atoms with E-state index in [0.29, 0.717) is 0 Å². The van der Waals surface area contributed by atoms with Crippen LogP contribution in [0.25, 0.3) is 5.70 Å². The maximum atomic E-state index is 14.2. The van der Waals surface area contributed by atoms with Gasteiger partial charge in [-0.25, -0.2) is 17.6 Å². The Labute approximate surface area is 157 Å². The molecule has 0 bridgehead atoms. The predicted molar refractivity (Wildman–Crippen MR) is 75.2 cm³/mol. The summed E-state index contributed by atoms with van der Waals surface area (Å²) >= 11 is 0. The van der Waals surface area contributed by atoms with Gasteiger partial charge in [0.05, 0.1) is 24.8 Å². The minimum atomic E-state index is -2.69. The number of alkyl halides is 2. The molecule has 0 amide bonds. The van der Waals surface area contributed by atoms with Gasteiger partial charge in [-0.05, 0) is 18.2 Å². The summed E-state index contributed by atoms with van der Waals surface area (Å²) in [6.07, 6.45) is 2.74. The number of allylic oxidation sites excluding steroid dienone is 3. The fourth-order valence-electron chi connectivity index (χ4n) is 2.11. The third-order valence-corrected chi connectivity index (χ3v) is 3.00. The second-order valence-electron chi connectivity index (χ2n) is 4.51. The van der Waals surface area contributed by atoms with Gasteiger partial charge in [0.2, 0.25) is 0 Å². The van der Waals surface area contributed by atoms with Crippen LogP contribution in [0.5, 0.6) is 5.75 Å². The molecular weight excluding hydrogens is 387 g/mol. The SMILES string of the molecule is C=C1C=C[C-]=C(c2c(F)cc(OCC)cc2F)N1CC(F)F.[Y]. The molecule has 7 heteroatoms. The molecule has 23 heavy (non-hydrogen) atoms. The van der Waals surface area contributed by atoms with Crippen LogP contribution in [0.15, 0.2) is 36.6 Å². The first kappa shape index (κ1) is 19.9. The molecule has 121 valence electrons. The third-order valence-electron chi connectivity index (χ3n) is 3.00. The Morgan fingerprint density at radius 3 is 2.39 bits per heavy atom. The molecule has 0 aromatic heterocycles. The number of halogens is 4. The summed E-state index contributed by atoms with van der Waals surface area (Å²) in [6, 6.07) is 2.02. The largest absolute Gasteiger partial charge is 0.494 e. The van der Waals surface area contributed by atoms with Crippen LogP contribution >= 0.6 is 0 Å². The minimum Gasteiger partial charge on any atom is -0.494 e. The topological polar surface area (TPSA) is 12.5 Å².